The Balaban J connectivity index is 2.16. The van der Waals surface area contributed by atoms with Crippen LogP contribution >= 0.6 is 0 Å². The Bertz CT molecular complexity index is 490. The molecule has 1 aromatic carbocycles. The van der Waals surface area contributed by atoms with Gasteiger partial charge in [0.25, 0.3) is 0 Å². The Morgan fingerprint density at radius 3 is 2.45 bits per heavy atom. The Morgan fingerprint density at radius 2 is 1.90 bits per heavy atom. The minimum Gasteiger partial charge on any atom is -0.332 e. The lowest BCUT2D eigenvalue weighted by molar-refractivity contribution is -0.131. The Hall–Kier alpha value is -1.64. The van der Waals surface area contributed by atoms with Gasteiger partial charge in [-0.25, -0.2) is 0 Å². The largest absolute Gasteiger partial charge is 0.332 e. The van der Waals surface area contributed by atoms with Crippen molar-refractivity contribution in [1.82, 2.24) is 4.90 Å². The number of amides is 1. The van der Waals surface area contributed by atoms with E-state index in [9.17, 15) is 9.59 Å². The second-order valence-electron chi connectivity index (χ2n) is 5.74. The molecule has 20 heavy (non-hydrogen) atoms. The maximum atomic E-state index is 12.6. The second kappa shape index (κ2) is 6.21. The van der Waals surface area contributed by atoms with Crippen molar-refractivity contribution in [2.75, 3.05) is 6.54 Å². The number of ketones is 1. The van der Waals surface area contributed by atoms with Crippen molar-refractivity contribution in [1.29, 1.82) is 0 Å². The summed E-state index contributed by atoms with van der Waals surface area (Å²) in [4.78, 5) is 26.2. The van der Waals surface area contributed by atoms with Crippen LogP contribution in [-0.2, 0) is 4.79 Å². The van der Waals surface area contributed by atoms with Crippen molar-refractivity contribution in [3.05, 3.63) is 35.4 Å². The monoisotopic (exact) mass is 273 g/mol. The molecule has 0 N–H and O–H groups in total. The average Bonchev–Trinajstić information content (AvgIpc) is 2.95. The highest BCUT2D eigenvalue weighted by Crippen LogP contribution is 2.23. The third kappa shape index (κ3) is 2.92. The smallest absolute Gasteiger partial charge is 0.222 e. The van der Waals surface area contributed by atoms with Gasteiger partial charge in [-0.15, -0.1) is 0 Å². The quantitative estimate of drug-likeness (QED) is 0.788. The highest BCUT2D eigenvalue weighted by Gasteiger charge is 2.33. The second-order valence-corrected chi connectivity index (χ2v) is 5.74. The predicted octanol–water partition coefficient (Wildman–Crippen LogP) is 3.39. The number of carbonyl (C=O) groups excluding carboxylic acids is 2. The first-order chi connectivity index (χ1) is 9.54. The molecule has 1 aliphatic heterocycles. The molecule has 0 aliphatic carbocycles. The SMILES string of the molecule is CCC(=O)N1CCCC1C(=O)c1ccc(C(C)C)cc1. The zero-order valence-corrected chi connectivity index (χ0v) is 12.6. The molecule has 1 amide bonds. The molecule has 1 atom stereocenters. The van der Waals surface area contributed by atoms with E-state index in [1.807, 2.05) is 31.2 Å². The number of hydrogen-bond acceptors (Lipinski definition) is 2. The molecule has 3 heteroatoms. The van der Waals surface area contributed by atoms with E-state index in [4.69, 9.17) is 0 Å². The summed E-state index contributed by atoms with van der Waals surface area (Å²) in [5, 5.41) is 0. The molecule has 1 aromatic rings. The van der Waals surface area contributed by atoms with Crippen LogP contribution in [0.1, 0.15) is 61.9 Å². The van der Waals surface area contributed by atoms with E-state index < -0.39 is 0 Å². The van der Waals surface area contributed by atoms with Crippen molar-refractivity contribution in [3.63, 3.8) is 0 Å². The highest BCUT2D eigenvalue weighted by molar-refractivity contribution is 6.02. The van der Waals surface area contributed by atoms with Crippen molar-refractivity contribution in [3.8, 4) is 0 Å². The van der Waals surface area contributed by atoms with E-state index >= 15 is 0 Å². The lowest BCUT2D eigenvalue weighted by atomic mass is 9.97. The van der Waals surface area contributed by atoms with Gasteiger partial charge >= 0.3 is 0 Å². The summed E-state index contributed by atoms with van der Waals surface area (Å²) >= 11 is 0. The molecule has 0 bridgehead atoms. The van der Waals surface area contributed by atoms with Crippen molar-refractivity contribution >= 4 is 11.7 Å². The molecule has 0 radical (unpaired) electrons. The van der Waals surface area contributed by atoms with Gasteiger partial charge in [0.2, 0.25) is 5.91 Å². The van der Waals surface area contributed by atoms with E-state index in [1.165, 1.54) is 5.56 Å². The minimum absolute atomic E-state index is 0.0830. The zero-order chi connectivity index (χ0) is 14.7. The van der Waals surface area contributed by atoms with Crippen LogP contribution in [0, 0.1) is 0 Å². The molecule has 3 nitrogen and oxygen atoms in total. The number of benzene rings is 1. The van der Waals surface area contributed by atoms with Crippen LogP contribution in [0.4, 0.5) is 0 Å². The molecular formula is C17H23NO2. The normalized spacial score (nSPS) is 18.6. The summed E-state index contributed by atoms with van der Waals surface area (Å²) in [7, 11) is 0. The third-order valence-corrected chi connectivity index (χ3v) is 4.04. The van der Waals surface area contributed by atoms with E-state index in [1.54, 1.807) is 4.90 Å². The Labute approximate surface area is 121 Å². The van der Waals surface area contributed by atoms with Crippen molar-refractivity contribution in [2.45, 2.75) is 52.0 Å². The molecule has 1 saturated heterocycles. The maximum Gasteiger partial charge on any atom is 0.222 e. The van der Waals surface area contributed by atoms with Gasteiger partial charge in [-0.2, -0.15) is 0 Å². The van der Waals surface area contributed by atoms with Crippen molar-refractivity contribution in [2.24, 2.45) is 0 Å². The van der Waals surface area contributed by atoms with Gasteiger partial charge in [0.1, 0.15) is 0 Å². The van der Waals surface area contributed by atoms with E-state index in [-0.39, 0.29) is 17.7 Å². The summed E-state index contributed by atoms with van der Waals surface area (Å²) in [6.07, 6.45) is 2.18. The standard InChI is InChI=1S/C17H23NO2/c1-4-16(19)18-11-5-6-15(18)17(20)14-9-7-13(8-10-14)12(2)3/h7-10,12,15H,4-6,11H2,1-3H3. The molecule has 0 spiro atoms. The predicted molar refractivity (Wildman–Crippen MR) is 79.9 cm³/mol. The fourth-order valence-corrected chi connectivity index (χ4v) is 2.77. The van der Waals surface area contributed by atoms with E-state index in [0.29, 0.717) is 18.9 Å². The number of carbonyl (C=O) groups is 2. The van der Waals surface area contributed by atoms with E-state index in [0.717, 1.165) is 18.4 Å². The minimum atomic E-state index is -0.257. The molecule has 1 fully saturated rings. The number of nitrogens with zero attached hydrogens (tertiary/aromatic N) is 1. The van der Waals surface area contributed by atoms with Crippen LogP contribution in [0.2, 0.25) is 0 Å². The number of rotatable bonds is 4. The van der Waals surface area contributed by atoms with Crippen LogP contribution in [0.15, 0.2) is 24.3 Å². The van der Waals surface area contributed by atoms with Crippen LogP contribution in [-0.4, -0.2) is 29.2 Å². The van der Waals surface area contributed by atoms with Gasteiger partial charge in [0.15, 0.2) is 5.78 Å². The molecule has 2 rings (SSSR count). The van der Waals surface area contributed by atoms with Crippen molar-refractivity contribution < 1.29 is 9.59 Å². The van der Waals surface area contributed by atoms with E-state index in [2.05, 4.69) is 13.8 Å². The van der Waals surface area contributed by atoms with Crippen LogP contribution < -0.4 is 0 Å². The summed E-state index contributed by atoms with van der Waals surface area (Å²) in [6.45, 7) is 6.83. The first-order valence-electron chi connectivity index (χ1n) is 7.48. The Kier molecular flexibility index (Phi) is 4.58. The molecule has 0 saturated carbocycles. The zero-order valence-electron chi connectivity index (χ0n) is 12.6. The van der Waals surface area contributed by atoms with Gasteiger partial charge in [-0.3, -0.25) is 9.59 Å². The van der Waals surface area contributed by atoms with Crippen LogP contribution in [0.25, 0.3) is 0 Å². The fraction of sp³-hybridized carbons (Fsp3) is 0.529. The molecule has 0 aromatic heterocycles. The summed E-state index contributed by atoms with van der Waals surface area (Å²) in [5.41, 5.74) is 1.95. The first kappa shape index (κ1) is 14.8. The number of Topliss-reactive ketones (excluding diaryl/α,β-unsaturated/α-hetero) is 1. The molecule has 108 valence electrons. The van der Waals surface area contributed by atoms with Crippen LogP contribution in [0.3, 0.4) is 0 Å². The molecular weight excluding hydrogens is 250 g/mol. The molecule has 1 aliphatic rings. The van der Waals surface area contributed by atoms with Gasteiger partial charge < -0.3 is 4.90 Å². The van der Waals surface area contributed by atoms with Gasteiger partial charge in [0, 0.05) is 18.5 Å². The maximum absolute atomic E-state index is 12.6. The number of likely N-dealkylation sites (tertiary alicyclic amines) is 1. The molecule has 1 unspecified atom stereocenters. The van der Waals surface area contributed by atoms with Gasteiger partial charge in [-0.05, 0) is 24.3 Å². The lowest BCUT2D eigenvalue weighted by Crippen LogP contribution is -2.40. The van der Waals surface area contributed by atoms with Gasteiger partial charge in [0.05, 0.1) is 6.04 Å². The van der Waals surface area contributed by atoms with Crippen LogP contribution in [0.5, 0.6) is 0 Å². The third-order valence-electron chi connectivity index (χ3n) is 4.04. The topological polar surface area (TPSA) is 37.4 Å². The first-order valence-corrected chi connectivity index (χ1v) is 7.48. The summed E-state index contributed by atoms with van der Waals surface area (Å²) in [6, 6.07) is 7.56. The lowest BCUT2D eigenvalue weighted by Gasteiger charge is -2.23. The Morgan fingerprint density at radius 1 is 1.25 bits per heavy atom. The summed E-state index contributed by atoms with van der Waals surface area (Å²) in [5.74, 6) is 0.628. The summed E-state index contributed by atoms with van der Waals surface area (Å²) < 4.78 is 0. The highest BCUT2D eigenvalue weighted by atomic mass is 16.2. The van der Waals surface area contributed by atoms with Gasteiger partial charge in [-0.1, -0.05) is 45.0 Å². The average molecular weight is 273 g/mol. The fourth-order valence-electron chi connectivity index (χ4n) is 2.77. The number of hydrogen-bond donors (Lipinski definition) is 0. The molecule has 1 heterocycles.